The summed E-state index contributed by atoms with van der Waals surface area (Å²) in [6.07, 6.45) is 1.67. The second-order valence-corrected chi connectivity index (χ2v) is 10.5. The van der Waals surface area contributed by atoms with Crippen molar-refractivity contribution < 1.29 is 22.0 Å². The molecular formula is C23H19F2IN4O3S. The summed E-state index contributed by atoms with van der Waals surface area (Å²) in [5.41, 5.74) is 1.23. The highest BCUT2D eigenvalue weighted by Crippen LogP contribution is 2.29. The molecule has 0 atom stereocenters. The molecule has 4 aromatic rings. The van der Waals surface area contributed by atoms with Gasteiger partial charge in [0.05, 0.1) is 23.3 Å². The number of rotatable bonds is 7. The van der Waals surface area contributed by atoms with Crippen molar-refractivity contribution in [1.82, 2.24) is 9.97 Å². The average Bonchev–Trinajstić information content (AvgIpc) is 3.19. The van der Waals surface area contributed by atoms with Crippen molar-refractivity contribution in [3.63, 3.8) is 0 Å². The van der Waals surface area contributed by atoms with Gasteiger partial charge in [-0.05, 0) is 59.3 Å². The molecule has 11 heteroatoms. The van der Waals surface area contributed by atoms with Gasteiger partial charge in [-0.2, -0.15) is 0 Å². The van der Waals surface area contributed by atoms with Crippen LogP contribution in [0.3, 0.4) is 0 Å². The van der Waals surface area contributed by atoms with E-state index in [4.69, 9.17) is 0 Å². The number of halogens is 3. The monoisotopic (exact) mass is 596 g/mol. The van der Waals surface area contributed by atoms with Crippen molar-refractivity contribution in [3.05, 3.63) is 75.5 Å². The molecule has 0 saturated heterocycles. The zero-order valence-electron chi connectivity index (χ0n) is 17.8. The van der Waals surface area contributed by atoms with E-state index in [2.05, 4.69) is 42.6 Å². The maximum Gasteiger partial charge on any atom is 0.261 e. The molecule has 0 unspecified atom stereocenters. The third kappa shape index (κ3) is 5.04. The molecule has 0 radical (unpaired) electrons. The average molecular weight is 596 g/mol. The van der Waals surface area contributed by atoms with E-state index in [0.717, 1.165) is 27.0 Å². The number of nitrogens with zero attached hydrogens (tertiary/aromatic N) is 1. The maximum absolute atomic E-state index is 14.9. The number of hydrogen-bond donors (Lipinski definition) is 3. The van der Waals surface area contributed by atoms with E-state index in [1.54, 1.807) is 13.0 Å². The Kier molecular flexibility index (Phi) is 6.84. The number of amides is 1. The smallest absolute Gasteiger partial charge is 0.261 e. The molecule has 0 aliphatic carbocycles. The Morgan fingerprint density at radius 2 is 1.91 bits per heavy atom. The van der Waals surface area contributed by atoms with Gasteiger partial charge in [-0.15, -0.1) is 0 Å². The number of fused-ring (bicyclic) bond motifs is 1. The van der Waals surface area contributed by atoms with Crippen LogP contribution in [0.5, 0.6) is 0 Å². The number of anilines is 2. The van der Waals surface area contributed by atoms with Gasteiger partial charge in [-0.3, -0.25) is 9.52 Å². The molecule has 0 fully saturated rings. The van der Waals surface area contributed by atoms with Crippen LogP contribution >= 0.6 is 22.6 Å². The molecule has 0 aliphatic heterocycles. The highest BCUT2D eigenvalue weighted by Gasteiger charge is 2.23. The quantitative estimate of drug-likeness (QED) is 0.245. The highest BCUT2D eigenvalue weighted by atomic mass is 127. The second-order valence-electron chi connectivity index (χ2n) is 7.48. The van der Waals surface area contributed by atoms with E-state index in [0.29, 0.717) is 17.5 Å². The first-order valence-electron chi connectivity index (χ1n) is 10.2. The number of H-pyrrole nitrogens is 1. The summed E-state index contributed by atoms with van der Waals surface area (Å²) in [6, 6.07) is 13.0. The van der Waals surface area contributed by atoms with Crippen LogP contribution in [0.2, 0.25) is 0 Å². The molecule has 34 heavy (non-hydrogen) atoms. The van der Waals surface area contributed by atoms with Crippen LogP contribution in [-0.2, 0) is 10.0 Å². The lowest BCUT2D eigenvalue weighted by molar-refractivity contribution is 0.101. The van der Waals surface area contributed by atoms with Crippen molar-refractivity contribution in [3.8, 4) is 11.3 Å². The SMILES string of the molecule is CCCS(=O)(=O)Nc1ccc(F)c(C(=O)Nc2cnc3[nH]c(-c4ccccc4I)cc3c2)c1F. The minimum atomic E-state index is -3.83. The molecule has 176 valence electrons. The first-order chi connectivity index (χ1) is 16.2. The van der Waals surface area contributed by atoms with Crippen molar-refractivity contribution in [2.75, 3.05) is 15.8 Å². The van der Waals surface area contributed by atoms with Crippen molar-refractivity contribution in [1.29, 1.82) is 0 Å². The van der Waals surface area contributed by atoms with Gasteiger partial charge >= 0.3 is 0 Å². The van der Waals surface area contributed by atoms with Gasteiger partial charge in [0.2, 0.25) is 10.0 Å². The number of hydrogen-bond acceptors (Lipinski definition) is 4. The van der Waals surface area contributed by atoms with Gasteiger partial charge in [0.1, 0.15) is 17.0 Å². The summed E-state index contributed by atoms with van der Waals surface area (Å²) in [4.78, 5) is 20.2. The number of benzene rings is 2. The standard InChI is InChI=1S/C23H19F2IN4O3S/c1-2-9-34(32,33)30-18-8-7-16(24)20(21(18)25)23(31)28-14-10-13-11-19(29-22(13)27-12-14)15-5-3-4-6-17(15)26/h3-8,10-12,30H,2,9H2,1H3,(H,27,29)(H,28,31). The number of carbonyl (C=O) groups excluding carboxylic acids is 1. The molecule has 0 spiro atoms. The minimum absolute atomic E-state index is 0.224. The van der Waals surface area contributed by atoms with E-state index in [1.165, 1.54) is 6.20 Å². The summed E-state index contributed by atoms with van der Waals surface area (Å²) in [7, 11) is -3.83. The summed E-state index contributed by atoms with van der Waals surface area (Å²) in [5, 5.41) is 3.12. The Hall–Kier alpha value is -3.06. The Balaban J connectivity index is 1.62. The molecule has 7 nitrogen and oxygen atoms in total. The molecule has 1 amide bonds. The fourth-order valence-corrected chi connectivity index (χ4v) is 5.24. The van der Waals surface area contributed by atoms with Gasteiger partial charge in [0, 0.05) is 20.2 Å². The Labute approximate surface area is 208 Å². The second kappa shape index (κ2) is 9.66. The number of nitrogens with one attached hydrogen (secondary N) is 3. The maximum atomic E-state index is 14.9. The van der Waals surface area contributed by atoms with Crippen molar-refractivity contribution in [2.45, 2.75) is 13.3 Å². The van der Waals surface area contributed by atoms with E-state index >= 15 is 0 Å². The van der Waals surface area contributed by atoms with Crippen LogP contribution < -0.4 is 10.0 Å². The number of aromatic nitrogens is 2. The topological polar surface area (TPSA) is 104 Å². The molecule has 2 heterocycles. The van der Waals surface area contributed by atoms with E-state index in [1.807, 2.05) is 30.3 Å². The van der Waals surface area contributed by atoms with Crippen molar-refractivity contribution >= 4 is 60.9 Å². The van der Waals surface area contributed by atoms with E-state index < -0.39 is 38.8 Å². The fourth-order valence-electron chi connectivity index (χ4n) is 3.43. The number of sulfonamides is 1. The summed E-state index contributed by atoms with van der Waals surface area (Å²) in [5.74, 6) is -3.72. The van der Waals surface area contributed by atoms with Gasteiger partial charge < -0.3 is 10.3 Å². The summed E-state index contributed by atoms with van der Waals surface area (Å²) < 4.78 is 56.3. The van der Waals surface area contributed by atoms with Crippen LogP contribution in [-0.4, -0.2) is 30.0 Å². The number of aromatic amines is 1. The third-order valence-corrected chi connectivity index (χ3v) is 7.37. The zero-order valence-corrected chi connectivity index (χ0v) is 20.8. The van der Waals surface area contributed by atoms with Crippen LogP contribution in [0, 0.1) is 15.2 Å². The number of carbonyl (C=O) groups is 1. The predicted molar refractivity (Wildman–Crippen MR) is 136 cm³/mol. The molecular weight excluding hydrogens is 577 g/mol. The molecule has 2 aromatic heterocycles. The zero-order chi connectivity index (χ0) is 24.5. The lowest BCUT2D eigenvalue weighted by atomic mass is 10.1. The summed E-state index contributed by atoms with van der Waals surface area (Å²) >= 11 is 2.23. The molecule has 3 N–H and O–H groups in total. The van der Waals surface area contributed by atoms with Crippen LogP contribution in [0.4, 0.5) is 20.2 Å². The Morgan fingerprint density at radius 1 is 1.15 bits per heavy atom. The molecule has 2 aromatic carbocycles. The number of pyridine rings is 1. The molecule has 4 rings (SSSR count). The first-order valence-corrected chi connectivity index (χ1v) is 12.9. The summed E-state index contributed by atoms with van der Waals surface area (Å²) in [6.45, 7) is 1.65. The fraction of sp³-hybridized carbons (Fsp3) is 0.130. The Morgan fingerprint density at radius 3 is 2.65 bits per heavy atom. The molecule has 0 aliphatic rings. The highest BCUT2D eigenvalue weighted by molar-refractivity contribution is 14.1. The largest absolute Gasteiger partial charge is 0.339 e. The van der Waals surface area contributed by atoms with Crippen molar-refractivity contribution in [2.24, 2.45) is 0 Å². The predicted octanol–water partition coefficient (Wildman–Crippen LogP) is 5.52. The minimum Gasteiger partial charge on any atom is -0.339 e. The molecule has 0 bridgehead atoms. The van der Waals surface area contributed by atoms with Gasteiger partial charge in [-0.25, -0.2) is 22.2 Å². The van der Waals surface area contributed by atoms with Crippen LogP contribution in [0.1, 0.15) is 23.7 Å². The van der Waals surface area contributed by atoms with E-state index in [-0.39, 0.29) is 11.4 Å². The van der Waals surface area contributed by atoms with Gasteiger partial charge in [0.25, 0.3) is 5.91 Å². The van der Waals surface area contributed by atoms with Gasteiger partial charge in [0.15, 0.2) is 5.82 Å². The first kappa shape index (κ1) is 24.1. The third-order valence-electron chi connectivity index (χ3n) is 4.95. The van der Waals surface area contributed by atoms with Gasteiger partial charge in [-0.1, -0.05) is 25.1 Å². The lowest BCUT2D eigenvalue weighted by Gasteiger charge is -2.12. The Bertz CT molecular complexity index is 1510. The lowest BCUT2D eigenvalue weighted by Crippen LogP contribution is -2.20. The van der Waals surface area contributed by atoms with Crippen LogP contribution in [0.15, 0.2) is 54.7 Å². The van der Waals surface area contributed by atoms with Crippen LogP contribution in [0.25, 0.3) is 22.3 Å². The normalized spacial score (nSPS) is 11.5. The van der Waals surface area contributed by atoms with E-state index in [9.17, 15) is 22.0 Å². The molecule has 0 saturated carbocycles.